The molecule has 0 fully saturated rings. The molecule has 0 aliphatic rings. The molecule has 0 amide bonds. The molecule has 0 heterocycles. The molecule has 0 unspecified atom stereocenters. The standard InChI is InChI=1S/C10H14Cl2N2O2S/c1-7(5-13)14-17(15,16)6-8-9(11)3-2-4-10(8)12/h2-4,7,14H,5-6,13H2,1H3/t7-/m0/s1. The minimum Gasteiger partial charge on any atom is -0.329 e. The lowest BCUT2D eigenvalue weighted by molar-refractivity contribution is 0.562. The highest BCUT2D eigenvalue weighted by Crippen LogP contribution is 2.25. The number of benzene rings is 1. The summed E-state index contributed by atoms with van der Waals surface area (Å²) in [6.07, 6.45) is 0. The zero-order valence-electron chi connectivity index (χ0n) is 9.28. The van der Waals surface area contributed by atoms with Crippen LogP contribution in [0.2, 0.25) is 10.0 Å². The average Bonchev–Trinajstić information content (AvgIpc) is 2.23. The van der Waals surface area contributed by atoms with E-state index in [1.165, 1.54) is 0 Å². The van der Waals surface area contributed by atoms with E-state index in [1.807, 2.05) is 0 Å². The Morgan fingerprint density at radius 3 is 2.35 bits per heavy atom. The van der Waals surface area contributed by atoms with Crippen molar-refractivity contribution in [2.45, 2.75) is 18.7 Å². The van der Waals surface area contributed by atoms with Gasteiger partial charge in [-0.2, -0.15) is 0 Å². The third-order valence-electron chi connectivity index (χ3n) is 2.13. The number of nitrogens with one attached hydrogen (secondary N) is 1. The first-order valence-electron chi connectivity index (χ1n) is 4.98. The van der Waals surface area contributed by atoms with Crippen LogP contribution < -0.4 is 10.5 Å². The average molecular weight is 297 g/mol. The maximum absolute atomic E-state index is 11.8. The van der Waals surface area contributed by atoms with Gasteiger partial charge in [-0.05, 0) is 19.1 Å². The fourth-order valence-corrected chi connectivity index (χ4v) is 3.43. The highest BCUT2D eigenvalue weighted by atomic mass is 35.5. The maximum atomic E-state index is 11.8. The third-order valence-corrected chi connectivity index (χ3v) is 4.27. The second kappa shape index (κ2) is 6.02. The summed E-state index contributed by atoms with van der Waals surface area (Å²) >= 11 is 11.8. The molecule has 0 bridgehead atoms. The molecule has 0 spiro atoms. The first-order chi connectivity index (χ1) is 7.85. The molecule has 1 atom stereocenters. The number of nitrogens with two attached hydrogens (primary N) is 1. The second-order valence-corrected chi connectivity index (χ2v) is 6.28. The largest absolute Gasteiger partial charge is 0.329 e. The van der Waals surface area contributed by atoms with Gasteiger partial charge in [0.15, 0.2) is 0 Å². The summed E-state index contributed by atoms with van der Waals surface area (Å²) in [6, 6.07) is 4.55. The Kier molecular flexibility index (Phi) is 5.22. The Labute approximate surface area is 111 Å². The highest BCUT2D eigenvalue weighted by molar-refractivity contribution is 7.88. The van der Waals surface area contributed by atoms with E-state index in [-0.39, 0.29) is 18.3 Å². The molecule has 0 aliphatic heterocycles. The maximum Gasteiger partial charge on any atom is 0.216 e. The molecular formula is C10H14Cl2N2O2S. The summed E-state index contributed by atoms with van der Waals surface area (Å²) < 4.78 is 26.0. The molecular weight excluding hydrogens is 283 g/mol. The molecule has 96 valence electrons. The topological polar surface area (TPSA) is 72.2 Å². The van der Waals surface area contributed by atoms with Gasteiger partial charge >= 0.3 is 0 Å². The summed E-state index contributed by atoms with van der Waals surface area (Å²) in [5.74, 6) is -0.254. The SMILES string of the molecule is C[C@@H](CN)NS(=O)(=O)Cc1c(Cl)cccc1Cl. The van der Waals surface area contributed by atoms with Crippen LogP contribution in [0.1, 0.15) is 12.5 Å². The Morgan fingerprint density at radius 2 is 1.88 bits per heavy atom. The van der Waals surface area contributed by atoms with E-state index < -0.39 is 10.0 Å². The van der Waals surface area contributed by atoms with Crippen molar-refractivity contribution in [1.82, 2.24) is 4.72 Å². The number of hydrogen-bond donors (Lipinski definition) is 2. The van der Waals surface area contributed by atoms with E-state index in [9.17, 15) is 8.42 Å². The lowest BCUT2D eigenvalue weighted by Gasteiger charge is -2.13. The molecule has 0 aliphatic carbocycles. The van der Waals surface area contributed by atoms with E-state index >= 15 is 0 Å². The normalized spacial score (nSPS) is 13.6. The van der Waals surface area contributed by atoms with Gasteiger partial charge < -0.3 is 5.73 Å². The van der Waals surface area contributed by atoms with Crippen molar-refractivity contribution < 1.29 is 8.42 Å². The van der Waals surface area contributed by atoms with Crippen molar-refractivity contribution in [2.24, 2.45) is 5.73 Å². The van der Waals surface area contributed by atoms with Crippen LogP contribution in [0.15, 0.2) is 18.2 Å². The minimum absolute atomic E-state index is 0.232. The van der Waals surface area contributed by atoms with Gasteiger partial charge in [-0.3, -0.25) is 0 Å². The monoisotopic (exact) mass is 296 g/mol. The van der Waals surface area contributed by atoms with Gasteiger partial charge in [0.2, 0.25) is 10.0 Å². The van der Waals surface area contributed by atoms with Gasteiger partial charge in [-0.25, -0.2) is 13.1 Å². The molecule has 0 aromatic heterocycles. The Balaban J connectivity index is 2.91. The van der Waals surface area contributed by atoms with Gasteiger partial charge in [0.1, 0.15) is 0 Å². The smallest absolute Gasteiger partial charge is 0.216 e. The fraction of sp³-hybridized carbons (Fsp3) is 0.400. The first kappa shape index (κ1) is 14.7. The molecule has 0 saturated heterocycles. The lowest BCUT2D eigenvalue weighted by Crippen LogP contribution is -2.38. The van der Waals surface area contributed by atoms with Crippen LogP contribution in [-0.4, -0.2) is 21.0 Å². The molecule has 3 N–H and O–H groups in total. The number of rotatable bonds is 5. The van der Waals surface area contributed by atoms with E-state index in [0.29, 0.717) is 15.6 Å². The number of sulfonamides is 1. The zero-order chi connectivity index (χ0) is 13.1. The lowest BCUT2D eigenvalue weighted by atomic mass is 10.2. The van der Waals surface area contributed by atoms with Crippen molar-refractivity contribution in [3.63, 3.8) is 0 Å². The van der Waals surface area contributed by atoms with Crippen molar-refractivity contribution in [3.05, 3.63) is 33.8 Å². The van der Waals surface area contributed by atoms with Crippen LogP contribution in [0.3, 0.4) is 0 Å². The van der Waals surface area contributed by atoms with E-state index in [1.54, 1.807) is 25.1 Å². The van der Waals surface area contributed by atoms with Gasteiger partial charge in [-0.1, -0.05) is 29.3 Å². The van der Waals surface area contributed by atoms with Crippen LogP contribution in [0.25, 0.3) is 0 Å². The first-order valence-corrected chi connectivity index (χ1v) is 7.39. The van der Waals surface area contributed by atoms with E-state index in [2.05, 4.69) is 4.72 Å². The van der Waals surface area contributed by atoms with Gasteiger partial charge in [0.05, 0.1) is 5.75 Å². The van der Waals surface area contributed by atoms with Crippen molar-refractivity contribution in [1.29, 1.82) is 0 Å². The molecule has 1 rings (SSSR count). The summed E-state index contributed by atoms with van der Waals surface area (Å²) in [6.45, 7) is 1.92. The highest BCUT2D eigenvalue weighted by Gasteiger charge is 2.18. The van der Waals surface area contributed by atoms with Crippen molar-refractivity contribution in [2.75, 3.05) is 6.54 Å². The van der Waals surface area contributed by atoms with E-state index in [0.717, 1.165) is 0 Å². The minimum atomic E-state index is -3.49. The summed E-state index contributed by atoms with van der Waals surface area (Å²) in [5.41, 5.74) is 5.75. The Bertz CT molecular complexity index is 471. The summed E-state index contributed by atoms with van der Waals surface area (Å²) in [4.78, 5) is 0. The molecule has 4 nitrogen and oxygen atoms in total. The van der Waals surface area contributed by atoms with Crippen molar-refractivity contribution >= 4 is 33.2 Å². The fourth-order valence-electron chi connectivity index (χ4n) is 1.26. The number of halogens is 2. The van der Waals surface area contributed by atoms with Gasteiger partial charge in [0, 0.05) is 28.2 Å². The second-order valence-electron chi connectivity index (χ2n) is 3.71. The Hall–Kier alpha value is -0.330. The van der Waals surface area contributed by atoms with Crippen LogP contribution in [0.5, 0.6) is 0 Å². The van der Waals surface area contributed by atoms with Crippen LogP contribution >= 0.6 is 23.2 Å². The molecule has 1 aromatic carbocycles. The van der Waals surface area contributed by atoms with Crippen LogP contribution in [0, 0.1) is 0 Å². The molecule has 0 radical (unpaired) electrons. The predicted molar refractivity (Wildman–Crippen MR) is 70.7 cm³/mol. The van der Waals surface area contributed by atoms with Gasteiger partial charge in [-0.15, -0.1) is 0 Å². The molecule has 7 heteroatoms. The Morgan fingerprint density at radius 1 is 1.35 bits per heavy atom. The third kappa shape index (κ3) is 4.44. The van der Waals surface area contributed by atoms with Gasteiger partial charge in [0.25, 0.3) is 0 Å². The van der Waals surface area contributed by atoms with Crippen LogP contribution in [-0.2, 0) is 15.8 Å². The molecule has 17 heavy (non-hydrogen) atoms. The van der Waals surface area contributed by atoms with E-state index in [4.69, 9.17) is 28.9 Å². The summed E-state index contributed by atoms with van der Waals surface area (Å²) in [7, 11) is -3.49. The zero-order valence-corrected chi connectivity index (χ0v) is 11.6. The molecule has 0 saturated carbocycles. The molecule has 1 aromatic rings. The summed E-state index contributed by atoms with van der Waals surface area (Å²) in [5, 5.41) is 0.673. The van der Waals surface area contributed by atoms with Crippen molar-refractivity contribution in [3.8, 4) is 0 Å². The predicted octanol–water partition coefficient (Wildman–Crippen LogP) is 1.76. The van der Waals surface area contributed by atoms with Crippen LogP contribution in [0.4, 0.5) is 0 Å². The quantitative estimate of drug-likeness (QED) is 0.870. The number of hydrogen-bond acceptors (Lipinski definition) is 3.